The maximum absolute atomic E-state index is 11.9. The highest BCUT2D eigenvalue weighted by Gasteiger charge is 2.14. The molecule has 0 bridgehead atoms. The van der Waals surface area contributed by atoms with Crippen LogP contribution < -0.4 is 0 Å². The standard InChI is InChI=1S/C16H12O2/c1-2-15(13-9-5-3-6-10-13)18-16(17)14-11-7-4-8-12-14/h1,3-12,15H/t15-/m0/s1. The molecule has 0 aliphatic carbocycles. The van der Waals surface area contributed by atoms with E-state index in [1.807, 2.05) is 36.4 Å². The zero-order chi connectivity index (χ0) is 12.8. The van der Waals surface area contributed by atoms with E-state index in [0.717, 1.165) is 5.56 Å². The van der Waals surface area contributed by atoms with Crippen molar-refractivity contribution in [3.05, 3.63) is 71.8 Å². The number of carbonyl (C=O) groups excluding carboxylic acids is 1. The molecule has 0 saturated carbocycles. The topological polar surface area (TPSA) is 26.3 Å². The Morgan fingerprint density at radius 3 is 2.11 bits per heavy atom. The van der Waals surface area contributed by atoms with Crippen molar-refractivity contribution < 1.29 is 9.53 Å². The molecular formula is C16H12O2. The van der Waals surface area contributed by atoms with Crippen LogP contribution >= 0.6 is 0 Å². The summed E-state index contributed by atoms with van der Waals surface area (Å²) < 4.78 is 5.30. The third-order valence-corrected chi connectivity index (χ3v) is 2.49. The van der Waals surface area contributed by atoms with E-state index in [1.165, 1.54) is 0 Å². The number of carbonyl (C=O) groups is 1. The summed E-state index contributed by atoms with van der Waals surface area (Å²) in [6.07, 6.45) is 4.75. The molecule has 18 heavy (non-hydrogen) atoms. The van der Waals surface area contributed by atoms with Crippen molar-refractivity contribution in [3.63, 3.8) is 0 Å². The van der Waals surface area contributed by atoms with Crippen LogP contribution in [0, 0.1) is 12.3 Å². The Balaban J connectivity index is 2.14. The second kappa shape index (κ2) is 5.70. The van der Waals surface area contributed by atoms with Gasteiger partial charge in [-0.05, 0) is 12.1 Å². The Labute approximate surface area is 106 Å². The first-order valence-electron chi connectivity index (χ1n) is 5.58. The molecule has 0 N–H and O–H groups in total. The van der Waals surface area contributed by atoms with Gasteiger partial charge in [0, 0.05) is 5.56 Å². The molecular weight excluding hydrogens is 224 g/mol. The van der Waals surface area contributed by atoms with Crippen LogP contribution in [0.15, 0.2) is 60.7 Å². The molecule has 0 aromatic heterocycles. The fraction of sp³-hybridized carbons (Fsp3) is 0.0625. The van der Waals surface area contributed by atoms with E-state index >= 15 is 0 Å². The van der Waals surface area contributed by atoms with Gasteiger partial charge in [-0.3, -0.25) is 0 Å². The fourth-order valence-corrected chi connectivity index (χ4v) is 1.58. The molecule has 2 aromatic carbocycles. The maximum Gasteiger partial charge on any atom is 0.339 e. The Morgan fingerprint density at radius 1 is 1.00 bits per heavy atom. The van der Waals surface area contributed by atoms with Crippen LogP contribution in [0.5, 0.6) is 0 Å². The summed E-state index contributed by atoms with van der Waals surface area (Å²) in [5, 5.41) is 0. The van der Waals surface area contributed by atoms with Crippen LogP contribution in [-0.2, 0) is 4.74 Å². The Morgan fingerprint density at radius 2 is 1.56 bits per heavy atom. The smallest absolute Gasteiger partial charge is 0.339 e. The molecule has 2 aromatic rings. The lowest BCUT2D eigenvalue weighted by molar-refractivity contribution is 0.0408. The second-order valence-corrected chi connectivity index (χ2v) is 3.73. The van der Waals surface area contributed by atoms with Crippen LogP contribution in [0.3, 0.4) is 0 Å². The molecule has 0 aliphatic rings. The van der Waals surface area contributed by atoms with Gasteiger partial charge < -0.3 is 4.74 Å². The van der Waals surface area contributed by atoms with Gasteiger partial charge in [-0.15, -0.1) is 6.42 Å². The van der Waals surface area contributed by atoms with Crippen molar-refractivity contribution in [2.45, 2.75) is 6.10 Å². The van der Waals surface area contributed by atoms with Gasteiger partial charge in [-0.2, -0.15) is 0 Å². The number of hydrogen-bond acceptors (Lipinski definition) is 2. The number of terminal acetylenes is 1. The van der Waals surface area contributed by atoms with Gasteiger partial charge in [0.15, 0.2) is 6.10 Å². The van der Waals surface area contributed by atoms with E-state index in [0.29, 0.717) is 5.56 Å². The van der Waals surface area contributed by atoms with Crippen LogP contribution in [0.1, 0.15) is 22.0 Å². The largest absolute Gasteiger partial charge is 0.441 e. The van der Waals surface area contributed by atoms with Crippen molar-refractivity contribution in [1.29, 1.82) is 0 Å². The van der Waals surface area contributed by atoms with Crippen LogP contribution in [-0.4, -0.2) is 5.97 Å². The van der Waals surface area contributed by atoms with E-state index in [1.54, 1.807) is 24.3 Å². The number of ether oxygens (including phenoxy) is 1. The first-order chi connectivity index (χ1) is 8.81. The summed E-state index contributed by atoms with van der Waals surface area (Å²) in [5.41, 5.74) is 1.29. The number of rotatable bonds is 3. The van der Waals surface area contributed by atoms with Gasteiger partial charge >= 0.3 is 5.97 Å². The average Bonchev–Trinajstić information content (AvgIpc) is 2.46. The Hall–Kier alpha value is -2.53. The number of hydrogen-bond donors (Lipinski definition) is 0. The summed E-state index contributed by atoms with van der Waals surface area (Å²) >= 11 is 0. The van der Waals surface area contributed by atoms with Crippen molar-refractivity contribution in [2.24, 2.45) is 0 Å². The van der Waals surface area contributed by atoms with Gasteiger partial charge in [0.25, 0.3) is 0 Å². The predicted molar refractivity (Wildman–Crippen MR) is 69.9 cm³/mol. The summed E-state index contributed by atoms with van der Waals surface area (Å²) in [7, 11) is 0. The van der Waals surface area contributed by atoms with Gasteiger partial charge in [0.2, 0.25) is 0 Å². The third-order valence-electron chi connectivity index (χ3n) is 2.49. The zero-order valence-electron chi connectivity index (χ0n) is 9.74. The van der Waals surface area contributed by atoms with E-state index < -0.39 is 12.1 Å². The van der Waals surface area contributed by atoms with Crippen LogP contribution in [0.2, 0.25) is 0 Å². The van der Waals surface area contributed by atoms with E-state index in [-0.39, 0.29) is 0 Å². The number of benzene rings is 2. The molecule has 2 rings (SSSR count). The quantitative estimate of drug-likeness (QED) is 0.604. The normalized spacial score (nSPS) is 11.3. The minimum absolute atomic E-state index is 0.414. The lowest BCUT2D eigenvalue weighted by Gasteiger charge is -2.12. The molecule has 0 aliphatic heterocycles. The predicted octanol–water partition coefficient (Wildman–Crippen LogP) is 3.22. The molecule has 1 atom stereocenters. The van der Waals surface area contributed by atoms with Crippen LogP contribution in [0.25, 0.3) is 0 Å². The SMILES string of the molecule is C#C[C@H](OC(=O)c1ccccc1)c1ccccc1. The van der Waals surface area contributed by atoms with Gasteiger partial charge in [0.1, 0.15) is 0 Å². The molecule has 2 heteroatoms. The van der Waals surface area contributed by atoms with Crippen LogP contribution in [0.4, 0.5) is 0 Å². The van der Waals surface area contributed by atoms with Crippen molar-refractivity contribution >= 4 is 5.97 Å². The van der Waals surface area contributed by atoms with Crippen molar-refractivity contribution in [2.75, 3.05) is 0 Å². The highest BCUT2D eigenvalue weighted by atomic mass is 16.5. The van der Waals surface area contributed by atoms with Gasteiger partial charge in [-0.1, -0.05) is 54.5 Å². The third kappa shape index (κ3) is 2.78. The van der Waals surface area contributed by atoms with E-state index in [2.05, 4.69) is 5.92 Å². The summed E-state index contributed by atoms with van der Waals surface area (Å²) in [4.78, 5) is 11.9. The summed E-state index contributed by atoms with van der Waals surface area (Å²) in [6, 6.07) is 18.1. The molecule has 0 radical (unpaired) electrons. The molecule has 2 nitrogen and oxygen atoms in total. The lowest BCUT2D eigenvalue weighted by atomic mass is 10.1. The summed E-state index contributed by atoms with van der Waals surface area (Å²) in [6.45, 7) is 0. The summed E-state index contributed by atoms with van der Waals surface area (Å²) in [5.74, 6) is 2.06. The highest BCUT2D eigenvalue weighted by molar-refractivity contribution is 5.89. The Bertz CT molecular complexity index is 553. The zero-order valence-corrected chi connectivity index (χ0v) is 9.74. The highest BCUT2D eigenvalue weighted by Crippen LogP contribution is 2.17. The maximum atomic E-state index is 11.9. The van der Waals surface area contributed by atoms with Crippen molar-refractivity contribution in [1.82, 2.24) is 0 Å². The minimum atomic E-state index is -0.654. The fourth-order valence-electron chi connectivity index (χ4n) is 1.58. The Kier molecular flexibility index (Phi) is 3.78. The molecule has 88 valence electrons. The molecule has 0 amide bonds. The second-order valence-electron chi connectivity index (χ2n) is 3.73. The molecule has 0 heterocycles. The monoisotopic (exact) mass is 236 g/mol. The molecule has 0 saturated heterocycles. The average molecular weight is 236 g/mol. The van der Waals surface area contributed by atoms with Gasteiger partial charge in [-0.25, -0.2) is 4.79 Å². The minimum Gasteiger partial charge on any atom is -0.441 e. The van der Waals surface area contributed by atoms with Gasteiger partial charge in [0.05, 0.1) is 5.56 Å². The first-order valence-corrected chi connectivity index (χ1v) is 5.58. The van der Waals surface area contributed by atoms with E-state index in [9.17, 15) is 4.79 Å². The molecule has 0 spiro atoms. The number of esters is 1. The van der Waals surface area contributed by atoms with E-state index in [4.69, 9.17) is 11.2 Å². The molecule has 0 unspecified atom stereocenters. The van der Waals surface area contributed by atoms with Crippen molar-refractivity contribution in [3.8, 4) is 12.3 Å². The first kappa shape index (κ1) is 11.9. The lowest BCUT2D eigenvalue weighted by Crippen LogP contribution is -2.10. The molecule has 0 fully saturated rings.